The third kappa shape index (κ3) is 4.58. The van der Waals surface area contributed by atoms with Crippen molar-refractivity contribution in [2.45, 2.75) is 57.3 Å². The summed E-state index contributed by atoms with van der Waals surface area (Å²) in [6, 6.07) is 4.95. The van der Waals surface area contributed by atoms with Gasteiger partial charge >= 0.3 is 6.16 Å². The maximum Gasteiger partial charge on any atom is 0.508 e. The van der Waals surface area contributed by atoms with E-state index >= 15 is 0 Å². The van der Waals surface area contributed by atoms with Crippen molar-refractivity contribution in [3.05, 3.63) is 24.2 Å². The second-order valence-electron chi connectivity index (χ2n) is 8.06. The van der Waals surface area contributed by atoms with Gasteiger partial charge in [0, 0.05) is 0 Å². The van der Waals surface area contributed by atoms with Gasteiger partial charge in [-0.2, -0.15) is 9.78 Å². The van der Waals surface area contributed by atoms with E-state index in [0.717, 1.165) is 0 Å². The normalized spacial score (nSPS) is 25.7. The number of nitrogens with zero attached hydrogens (tertiary/aromatic N) is 4. The monoisotopic (exact) mass is 482 g/mol. The number of rotatable bonds is 7. The minimum absolute atomic E-state index is 0.110. The van der Waals surface area contributed by atoms with Crippen molar-refractivity contribution in [3.8, 4) is 6.07 Å². The number of anilines is 1. The van der Waals surface area contributed by atoms with Gasteiger partial charge in [-0.25, -0.2) is 9.36 Å². The van der Waals surface area contributed by atoms with Crippen molar-refractivity contribution >= 4 is 34.3 Å². The summed E-state index contributed by atoms with van der Waals surface area (Å²) in [5, 5.41) is 34.9. The lowest BCUT2D eigenvalue weighted by molar-refractivity contribution is -0.689. The first kappa shape index (κ1) is 24.7. The van der Waals surface area contributed by atoms with Crippen LogP contribution in [0.2, 0.25) is 0 Å². The highest BCUT2D eigenvalue weighted by Gasteiger charge is 2.58. The first-order chi connectivity index (χ1) is 15.5. The zero-order valence-corrected chi connectivity index (χ0v) is 19.0. The van der Waals surface area contributed by atoms with Crippen LogP contribution in [0.3, 0.4) is 0 Å². The summed E-state index contributed by atoms with van der Waals surface area (Å²) in [5.74, 6) is -0.278. The van der Waals surface area contributed by atoms with Crippen molar-refractivity contribution in [2.24, 2.45) is 5.92 Å². The molecule has 3 rings (SSSR count). The van der Waals surface area contributed by atoms with Gasteiger partial charge in [-0.1, -0.05) is 6.92 Å². The smallest absolute Gasteiger partial charge is 0.432 e. The number of hydrogen-bond donors (Lipinski definition) is 3. The summed E-state index contributed by atoms with van der Waals surface area (Å²) >= 11 is 5.53. The van der Waals surface area contributed by atoms with Gasteiger partial charge in [0.05, 0.1) is 18.6 Å². The molecule has 0 amide bonds. The average Bonchev–Trinajstić information content (AvgIpc) is 3.29. The van der Waals surface area contributed by atoms with Crippen molar-refractivity contribution in [1.82, 2.24) is 9.61 Å². The molecule has 12 nitrogen and oxygen atoms in total. The van der Waals surface area contributed by atoms with Crippen LogP contribution in [0.5, 0.6) is 0 Å². The third-order valence-electron chi connectivity index (χ3n) is 5.29. The molecule has 4 N–H and O–H groups in total. The van der Waals surface area contributed by atoms with E-state index < -0.39 is 53.9 Å². The standard InChI is InChI=1S/C20H24ClN5O7/c1-10(2)32-19(30)31-7-13-15(27)16(28)20(8-22,33-13)14-5-4-12-18(23)25(9-24-26(12)14)6-11(3)17(21)29/h4-5,9-11,13,15-16,23,27-28H,6-7H2,1-3H3/p+1/t11?,13-,15-,16-,20+/m1/s1. The Bertz CT molecular complexity index is 1100. The second-order valence-corrected chi connectivity index (χ2v) is 8.43. The quantitative estimate of drug-likeness (QED) is 0.277. The Kier molecular flexibility index (Phi) is 7.08. The largest absolute Gasteiger partial charge is 0.508 e. The van der Waals surface area contributed by atoms with Crippen molar-refractivity contribution in [3.63, 3.8) is 0 Å². The summed E-state index contributed by atoms with van der Waals surface area (Å²) in [4.78, 5) is 23.0. The van der Waals surface area contributed by atoms with Crippen molar-refractivity contribution < 1.29 is 38.6 Å². The number of halogens is 1. The van der Waals surface area contributed by atoms with E-state index in [1.165, 1.54) is 21.5 Å². The molecule has 1 fully saturated rings. The van der Waals surface area contributed by atoms with Gasteiger partial charge in [0.15, 0.2) is 5.52 Å². The summed E-state index contributed by atoms with van der Waals surface area (Å²) in [6.45, 7) is 4.66. The second kappa shape index (κ2) is 9.48. The molecule has 0 aromatic carbocycles. The highest BCUT2D eigenvalue weighted by atomic mass is 35.5. The minimum atomic E-state index is -2.02. The molecule has 0 bridgehead atoms. The van der Waals surface area contributed by atoms with Crippen molar-refractivity contribution in [2.75, 3.05) is 12.3 Å². The Morgan fingerprint density at radius 1 is 1.42 bits per heavy atom. The third-order valence-corrected chi connectivity index (χ3v) is 5.67. The molecule has 0 spiro atoms. The van der Waals surface area contributed by atoms with Crippen molar-refractivity contribution in [1.29, 1.82) is 5.26 Å². The predicted octanol–water partition coefficient (Wildman–Crippen LogP) is 0.00658. The molecule has 0 radical (unpaired) electrons. The van der Waals surface area contributed by atoms with E-state index in [0.29, 0.717) is 5.52 Å². The lowest BCUT2D eigenvalue weighted by atomic mass is 9.92. The van der Waals surface area contributed by atoms with Gasteiger partial charge in [-0.15, -0.1) is 0 Å². The first-order valence-corrected chi connectivity index (χ1v) is 10.5. The number of aliphatic hydroxyl groups excluding tert-OH is 2. The zero-order valence-electron chi connectivity index (χ0n) is 18.2. The summed E-state index contributed by atoms with van der Waals surface area (Å²) in [7, 11) is 0. The van der Waals surface area contributed by atoms with E-state index in [9.17, 15) is 25.1 Å². The fourth-order valence-electron chi connectivity index (χ4n) is 3.56. The van der Waals surface area contributed by atoms with E-state index in [1.54, 1.807) is 26.8 Å². The molecule has 13 heteroatoms. The Hall–Kier alpha value is -2.98. The summed E-state index contributed by atoms with van der Waals surface area (Å²) in [5.41, 5.74) is 4.68. The van der Waals surface area contributed by atoms with E-state index in [-0.39, 0.29) is 18.1 Å². The molecule has 1 aliphatic heterocycles. The predicted molar refractivity (Wildman–Crippen MR) is 112 cm³/mol. The fraction of sp³-hybridized carbons (Fsp3) is 0.550. The molecule has 0 aliphatic carbocycles. The molecule has 1 unspecified atom stereocenters. The molecule has 2 aromatic rings. The number of fused-ring (bicyclic) bond motifs is 1. The van der Waals surface area contributed by atoms with Gasteiger partial charge in [0.1, 0.15) is 36.7 Å². The maximum absolute atomic E-state index is 11.7. The Morgan fingerprint density at radius 3 is 2.73 bits per heavy atom. The van der Waals surface area contributed by atoms with E-state index in [4.69, 9.17) is 31.5 Å². The Labute approximate surface area is 194 Å². The molecule has 2 aromatic heterocycles. The molecule has 3 heterocycles. The van der Waals surface area contributed by atoms with Crippen LogP contribution in [-0.2, 0) is 31.2 Å². The number of carbonyl (C=O) groups excluding carboxylic acids is 2. The molecular weight excluding hydrogens is 458 g/mol. The van der Waals surface area contributed by atoms with Crippen LogP contribution in [0.15, 0.2) is 18.5 Å². The Balaban J connectivity index is 1.91. The SMILES string of the molecule is CC(C)OC(=O)OC[C@H]1O[C@@](C#N)(c2ccc3c(N)[n+](CC(C)C(=O)Cl)cnn23)[C@H](O)[C@@H]1O. The molecule has 178 valence electrons. The number of ether oxygens (including phenoxy) is 3. The van der Waals surface area contributed by atoms with Crippen LogP contribution in [0.1, 0.15) is 26.5 Å². The van der Waals surface area contributed by atoms with Gasteiger partial charge < -0.3 is 30.2 Å². The summed E-state index contributed by atoms with van der Waals surface area (Å²) < 4.78 is 18.4. The number of aliphatic hydroxyl groups is 2. The number of hydrogen-bond acceptors (Lipinski definition) is 10. The molecule has 0 saturated carbocycles. The lowest BCUT2D eigenvalue weighted by Crippen LogP contribution is -2.43. The molecule has 1 aliphatic rings. The van der Waals surface area contributed by atoms with Crippen LogP contribution >= 0.6 is 11.6 Å². The molecule has 1 saturated heterocycles. The minimum Gasteiger partial charge on any atom is -0.432 e. The first-order valence-electron chi connectivity index (χ1n) is 10.2. The molecule has 33 heavy (non-hydrogen) atoms. The number of carbonyl (C=O) groups is 2. The average molecular weight is 483 g/mol. The van der Waals surface area contributed by atoms with E-state index in [2.05, 4.69) is 5.10 Å². The van der Waals surface area contributed by atoms with Gasteiger partial charge in [-0.05, 0) is 42.7 Å². The van der Waals surface area contributed by atoms with Crippen LogP contribution in [0, 0.1) is 17.2 Å². The number of nitrogens with two attached hydrogens (primary N) is 1. The number of aromatic nitrogens is 3. The van der Waals surface area contributed by atoms with Crippen LogP contribution in [0.25, 0.3) is 5.52 Å². The lowest BCUT2D eigenvalue weighted by Gasteiger charge is -2.23. The van der Waals surface area contributed by atoms with Gasteiger partial charge in [0.2, 0.25) is 16.7 Å². The number of nitrogen functional groups attached to an aromatic ring is 1. The van der Waals surface area contributed by atoms with Gasteiger partial charge in [-0.3, -0.25) is 4.79 Å². The molecular formula is C20H25ClN5O7+. The topological polar surface area (TPSA) is 173 Å². The van der Waals surface area contributed by atoms with Gasteiger partial charge in [0.25, 0.3) is 6.33 Å². The van der Waals surface area contributed by atoms with E-state index in [1.807, 2.05) is 6.07 Å². The molecule has 5 atom stereocenters. The summed E-state index contributed by atoms with van der Waals surface area (Å²) in [6.07, 6.45) is -4.45. The zero-order chi connectivity index (χ0) is 24.5. The Morgan fingerprint density at radius 2 is 2.12 bits per heavy atom. The van der Waals surface area contributed by atoms with Crippen LogP contribution in [0.4, 0.5) is 10.6 Å². The maximum atomic E-state index is 11.7. The fourth-order valence-corrected chi connectivity index (χ4v) is 3.63. The number of nitriles is 1. The van der Waals surface area contributed by atoms with Crippen LogP contribution < -0.4 is 10.3 Å². The van der Waals surface area contributed by atoms with Crippen LogP contribution in [-0.4, -0.2) is 62.2 Å². The highest BCUT2D eigenvalue weighted by molar-refractivity contribution is 6.63. The highest BCUT2D eigenvalue weighted by Crippen LogP contribution is 2.40.